The van der Waals surface area contributed by atoms with Crippen molar-refractivity contribution in [1.29, 1.82) is 0 Å². The van der Waals surface area contributed by atoms with Crippen LogP contribution >= 0.6 is 0 Å². The maximum Gasteiger partial charge on any atom is 0.360 e. The molecule has 7 nitrogen and oxygen atoms in total. The minimum Gasteiger partial charge on any atom is -0.493 e. The van der Waals surface area contributed by atoms with Crippen LogP contribution in [-0.4, -0.2) is 35.5 Å². The molecule has 1 aromatic heterocycles. The summed E-state index contributed by atoms with van der Waals surface area (Å²) in [6.07, 6.45) is 0. The molecule has 0 fully saturated rings. The highest BCUT2D eigenvalue weighted by atomic mass is 16.5. The van der Waals surface area contributed by atoms with Gasteiger partial charge in [0.1, 0.15) is 0 Å². The third kappa shape index (κ3) is 1.75. The summed E-state index contributed by atoms with van der Waals surface area (Å²) < 4.78 is 10.1. The highest BCUT2D eigenvalue weighted by Crippen LogP contribution is 2.29. The zero-order valence-corrected chi connectivity index (χ0v) is 9.68. The first kappa shape index (κ1) is 11.9. The maximum absolute atomic E-state index is 11.9. The van der Waals surface area contributed by atoms with Crippen molar-refractivity contribution >= 4 is 16.9 Å². The normalized spacial score (nSPS) is 10.3. The van der Waals surface area contributed by atoms with E-state index < -0.39 is 17.1 Å². The van der Waals surface area contributed by atoms with Crippen LogP contribution in [-0.2, 0) is 0 Å². The number of benzene rings is 1. The summed E-state index contributed by atoms with van der Waals surface area (Å²) >= 11 is 0. The molecule has 18 heavy (non-hydrogen) atoms. The van der Waals surface area contributed by atoms with E-state index in [1.54, 1.807) is 0 Å². The lowest BCUT2D eigenvalue weighted by Gasteiger charge is -2.08. The Balaban J connectivity index is 2.82. The second kappa shape index (κ2) is 4.36. The number of carboxylic acid groups (broad SMARTS) is 1. The summed E-state index contributed by atoms with van der Waals surface area (Å²) in [5.41, 5.74) is -0.852. The highest BCUT2D eigenvalue weighted by Gasteiger charge is 2.16. The van der Waals surface area contributed by atoms with Gasteiger partial charge in [0.25, 0.3) is 0 Å². The quantitative estimate of drug-likeness (QED) is 0.828. The lowest BCUT2D eigenvalue weighted by molar-refractivity contribution is 0.0688. The van der Waals surface area contributed by atoms with E-state index in [4.69, 9.17) is 14.6 Å². The molecule has 0 radical (unpaired) electrons. The van der Waals surface area contributed by atoms with Gasteiger partial charge in [0.05, 0.1) is 25.1 Å². The first-order valence-corrected chi connectivity index (χ1v) is 4.96. The number of ether oxygens (including phenoxy) is 2. The van der Waals surface area contributed by atoms with E-state index in [0.717, 1.165) is 0 Å². The van der Waals surface area contributed by atoms with Crippen molar-refractivity contribution in [3.63, 3.8) is 0 Å². The van der Waals surface area contributed by atoms with Crippen molar-refractivity contribution in [3.05, 3.63) is 28.0 Å². The van der Waals surface area contributed by atoms with Crippen molar-refractivity contribution < 1.29 is 19.4 Å². The van der Waals surface area contributed by atoms with Gasteiger partial charge in [-0.3, -0.25) is 9.89 Å². The monoisotopic (exact) mass is 250 g/mol. The van der Waals surface area contributed by atoms with E-state index >= 15 is 0 Å². The Kier molecular flexibility index (Phi) is 2.88. The van der Waals surface area contributed by atoms with Crippen LogP contribution in [0.5, 0.6) is 11.5 Å². The van der Waals surface area contributed by atoms with Crippen molar-refractivity contribution in [1.82, 2.24) is 10.2 Å². The minimum atomic E-state index is -1.38. The van der Waals surface area contributed by atoms with Gasteiger partial charge in [0.15, 0.2) is 11.5 Å². The Morgan fingerprint density at radius 1 is 1.28 bits per heavy atom. The molecule has 0 aliphatic heterocycles. The van der Waals surface area contributed by atoms with Crippen LogP contribution in [0.25, 0.3) is 10.9 Å². The molecule has 0 aliphatic rings. The molecule has 2 aromatic rings. The van der Waals surface area contributed by atoms with Crippen molar-refractivity contribution in [2.24, 2.45) is 0 Å². The van der Waals surface area contributed by atoms with Gasteiger partial charge in [0, 0.05) is 6.07 Å². The van der Waals surface area contributed by atoms with Gasteiger partial charge in [-0.25, -0.2) is 4.79 Å². The topological polar surface area (TPSA) is 102 Å². The fourth-order valence-corrected chi connectivity index (χ4v) is 1.60. The number of hydrogen-bond donors (Lipinski definition) is 2. The molecular weight excluding hydrogens is 240 g/mol. The number of H-pyrrole nitrogens is 1. The molecule has 0 saturated carbocycles. The van der Waals surface area contributed by atoms with Crippen LogP contribution < -0.4 is 14.9 Å². The molecule has 0 atom stereocenters. The molecular formula is C11H10N2O5. The molecule has 0 amide bonds. The number of fused-ring (bicyclic) bond motifs is 1. The average Bonchev–Trinajstić information content (AvgIpc) is 2.37. The molecule has 0 aliphatic carbocycles. The first-order chi connectivity index (χ1) is 8.58. The Bertz CT molecular complexity index is 677. The van der Waals surface area contributed by atoms with E-state index in [2.05, 4.69) is 10.2 Å². The lowest BCUT2D eigenvalue weighted by Crippen LogP contribution is -2.18. The molecule has 0 unspecified atom stereocenters. The summed E-state index contributed by atoms with van der Waals surface area (Å²) in [6.45, 7) is 0. The number of methoxy groups -OCH3 is 2. The molecule has 94 valence electrons. The van der Waals surface area contributed by atoms with Crippen molar-refractivity contribution in [2.45, 2.75) is 0 Å². The SMILES string of the molecule is COc1cc2[nH]nc(C(=O)O)c(=O)c2cc1OC. The number of aromatic nitrogens is 2. The van der Waals surface area contributed by atoms with E-state index in [1.165, 1.54) is 26.4 Å². The number of carbonyl (C=O) groups is 1. The van der Waals surface area contributed by atoms with Gasteiger partial charge in [-0.05, 0) is 6.07 Å². The summed E-state index contributed by atoms with van der Waals surface area (Å²) in [5, 5.41) is 15.0. The van der Waals surface area contributed by atoms with Crippen molar-refractivity contribution in [3.8, 4) is 11.5 Å². The highest BCUT2D eigenvalue weighted by molar-refractivity contribution is 5.91. The van der Waals surface area contributed by atoms with Gasteiger partial charge in [-0.2, -0.15) is 5.10 Å². The van der Waals surface area contributed by atoms with Crippen LogP contribution in [0.15, 0.2) is 16.9 Å². The first-order valence-electron chi connectivity index (χ1n) is 4.96. The van der Waals surface area contributed by atoms with E-state index in [0.29, 0.717) is 17.0 Å². The molecule has 0 saturated heterocycles. The van der Waals surface area contributed by atoms with Gasteiger partial charge in [-0.15, -0.1) is 0 Å². The third-order valence-corrected chi connectivity index (χ3v) is 2.47. The Hall–Kier alpha value is -2.57. The minimum absolute atomic E-state index is 0.181. The van der Waals surface area contributed by atoms with E-state index in [9.17, 15) is 9.59 Å². The second-order valence-corrected chi connectivity index (χ2v) is 3.46. The molecule has 1 heterocycles. The zero-order valence-electron chi connectivity index (χ0n) is 9.68. The molecule has 0 bridgehead atoms. The van der Waals surface area contributed by atoms with Gasteiger partial charge < -0.3 is 14.6 Å². The molecule has 7 heteroatoms. The van der Waals surface area contributed by atoms with Crippen LogP contribution in [0.1, 0.15) is 10.5 Å². The van der Waals surface area contributed by atoms with E-state index in [1.807, 2.05) is 0 Å². The maximum atomic E-state index is 11.9. The predicted molar refractivity (Wildman–Crippen MR) is 62.4 cm³/mol. The Labute approximate surface area is 101 Å². The van der Waals surface area contributed by atoms with Crippen molar-refractivity contribution in [2.75, 3.05) is 14.2 Å². The summed E-state index contributed by atoms with van der Waals surface area (Å²) in [7, 11) is 2.89. The number of hydrogen-bond acceptors (Lipinski definition) is 5. The fraction of sp³-hybridized carbons (Fsp3) is 0.182. The van der Waals surface area contributed by atoms with E-state index in [-0.39, 0.29) is 5.39 Å². The fourth-order valence-electron chi connectivity index (χ4n) is 1.60. The lowest BCUT2D eigenvalue weighted by atomic mass is 10.2. The standard InChI is InChI=1S/C11H10N2O5/c1-17-7-3-5-6(4-8(7)18-2)12-13-9(10(5)14)11(15)16/h3-4H,1-2H3,(H,12,14)(H,15,16). The van der Waals surface area contributed by atoms with Crippen LogP contribution in [0.3, 0.4) is 0 Å². The third-order valence-electron chi connectivity index (χ3n) is 2.47. The van der Waals surface area contributed by atoms with Crippen LogP contribution in [0, 0.1) is 0 Å². The molecule has 0 spiro atoms. The molecule has 2 N–H and O–H groups in total. The second-order valence-electron chi connectivity index (χ2n) is 3.46. The average molecular weight is 250 g/mol. The van der Waals surface area contributed by atoms with Crippen LogP contribution in [0.4, 0.5) is 0 Å². The molecule has 1 aromatic carbocycles. The van der Waals surface area contributed by atoms with Gasteiger partial charge in [0.2, 0.25) is 11.1 Å². The summed E-state index contributed by atoms with van der Waals surface area (Å²) in [5.74, 6) is -0.614. The number of aromatic amines is 1. The van der Waals surface area contributed by atoms with Gasteiger partial charge in [-0.1, -0.05) is 0 Å². The summed E-state index contributed by atoms with van der Waals surface area (Å²) in [4.78, 5) is 22.7. The number of rotatable bonds is 3. The number of carboxylic acids is 1. The number of nitrogens with zero attached hydrogens (tertiary/aromatic N) is 1. The Morgan fingerprint density at radius 3 is 2.44 bits per heavy atom. The van der Waals surface area contributed by atoms with Gasteiger partial charge >= 0.3 is 5.97 Å². The number of aromatic carboxylic acids is 1. The summed E-state index contributed by atoms with van der Waals surface area (Å²) in [6, 6.07) is 2.94. The predicted octanol–water partition coefficient (Wildman–Crippen LogP) is 0.638. The molecule has 2 rings (SSSR count). The zero-order chi connectivity index (χ0) is 13.3. The van der Waals surface area contributed by atoms with Crippen LogP contribution in [0.2, 0.25) is 0 Å². The largest absolute Gasteiger partial charge is 0.493 e. The number of nitrogens with one attached hydrogen (secondary N) is 1. The Morgan fingerprint density at radius 2 is 1.89 bits per heavy atom. The smallest absolute Gasteiger partial charge is 0.360 e.